The van der Waals surface area contributed by atoms with Crippen molar-refractivity contribution in [3.05, 3.63) is 41.7 Å². The monoisotopic (exact) mass is 242 g/mol. The van der Waals surface area contributed by atoms with Crippen LogP contribution in [0.1, 0.15) is 22.5 Å². The topological polar surface area (TPSA) is 69.8 Å². The lowest BCUT2D eigenvalue weighted by Gasteiger charge is -2.18. The molecule has 18 heavy (non-hydrogen) atoms. The molecule has 0 saturated carbocycles. The number of carbonyl (C=O) groups excluding carboxylic acids is 1. The first-order chi connectivity index (χ1) is 8.83. The molecule has 1 aromatic heterocycles. The van der Waals surface area contributed by atoms with E-state index in [9.17, 15) is 4.79 Å². The Hall–Kier alpha value is -2.30. The number of carbonyl (C=O) groups is 1. The Bertz CT molecular complexity index is 562. The number of aryl methyl sites for hydroxylation is 1. The number of hydrogen-bond acceptors (Lipinski definition) is 3. The van der Waals surface area contributed by atoms with E-state index in [1.165, 1.54) is 11.3 Å². The van der Waals surface area contributed by atoms with Crippen molar-refractivity contribution in [3.63, 3.8) is 0 Å². The number of anilines is 2. The second-order valence-corrected chi connectivity index (χ2v) is 4.33. The molecule has 0 unspecified atom stereocenters. The number of benzene rings is 1. The highest BCUT2D eigenvalue weighted by Gasteiger charge is 2.11. The van der Waals surface area contributed by atoms with Gasteiger partial charge in [0.2, 0.25) is 0 Å². The number of H-pyrrole nitrogens is 1. The van der Waals surface area contributed by atoms with E-state index in [4.69, 9.17) is 0 Å². The summed E-state index contributed by atoms with van der Waals surface area (Å²) in [5, 5.41) is 12.6. The van der Waals surface area contributed by atoms with E-state index in [1.807, 2.05) is 18.2 Å². The maximum atomic E-state index is 11.8. The van der Waals surface area contributed by atoms with E-state index >= 15 is 0 Å². The van der Waals surface area contributed by atoms with E-state index < -0.39 is 0 Å². The van der Waals surface area contributed by atoms with Gasteiger partial charge in [0.05, 0.1) is 0 Å². The van der Waals surface area contributed by atoms with Gasteiger partial charge in [-0.2, -0.15) is 5.10 Å². The minimum Gasteiger partial charge on any atom is -0.385 e. The Balaban J connectivity index is 1.79. The maximum absolute atomic E-state index is 11.8. The van der Waals surface area contributed by atoms with Gasteiger partial charge in [-0.05, 0) is 42.7 Å². The minimum absolute atomic E-state index is 0.170. The molecule has 0 atom stereocenters. The van der Waals surface area contributed by atoms with E-state index in [1.54, 1.807) is 12.3 Å². The van der Waals surface area contributed by atoms with Gasteiger partial charge in [-0.1, -0.05) is 0 Å². The van der Waals surface area contributed by atoms with Gasteiger partial charge < -0.3 is 10.6 Å². The van der Waals surface area contributed by atoms with E-state index in [0.717, 1.165) is 25.1 Å². The van der Waals surface area contributed by atoms with Crippen molar-refractivity contribution < 1.29 is 4.79 Å². The molecule has 0 aliphatic carbocycles. The maximum Gasteiger partial charge on any atom is 0.273 e. The molecule has 0 fully saturated rings. The predicted octanol–water partition coefficient (Wildman–Crippen LogP) is 2.02. The van der Waals surface area contributed by atoms with Crippen molar-refractivity contribution in [2.75, 3.05) is 17.2 Å². The molecule has 3 rings (SSSR count). The number of nitrogens with zero attached hydrogens (tertiary/aromatic N) is 1. The Morgan fingerprint density at radius 3 is 3.11 bits per heavy atom. The van der Waals surface area contributed by atoms with E-state index in [0.29, 0.717) is 5.69 Å². The summed E-state index contributed by atoms with van der Waals surface area (Å²) < 4.78 is 0. The van der Waals surface area contributed by atoms with Gasteiger partial charge in [0, 0.05) is 24.1 Å². The number of nitrogens with one attached hydrogen (secondary N) is 3. The van der Waals surface area contributed by atoms with Crippen LogP contribution in [-0.4, -0.2) is 22.6 Å². The molecule has 0 saturated heterocycles. The molecule has 2 aromatic rings. The highest BCUT2D eigenvalue weighted by Crippen LogP contribution is 2.25. The molecular formula is C13H14N4O. The van der Waals surface area contributed by atoms with Gasteiger partial charge >= 0.3 is 0 Å². The Labute approximate surface area is 105 Å². The van der Waals surface area contributed by atoms with Crippen LogP contribution < -0.4 is 10.6 Å². The second-order valence-electron chi connectivity index (χ2n) is 4.33. The van der Waals surface area contributed by atoms with Gasteiger partial charge in [-0.15, -0.1) is 0 Å². The predicted molar refractivity (Wildman–Crippen MR) is 69.8 cm³/mol. The van der Waals surface area contributed by atoms with Crippen LogP contribution in [0.3, 0.4) is 0 Å². The number of aromatic amines is 1. The molecule has 0 radical (unpaired) electrons. The first kappa shape index (κ1) is 10.8. The molecule has 1 aliphatic rings. The number of amides is 1. The molecule has 1 aliphatic heterocycles. The van der Waals surface area contributed by atoms with Crippen LogP contribution in [0.5, 0.6) is 0 Å². The van der Waals surface area contributed by atoms with Crippen molar-refractivity contribution in [1.29, 1.82) is 0 Å². The summed E-state index contributed by atoms with van der Waals surface area (Å²) in [6.07, 6.45) is 3.74. The van der Waals surface area contributed by atoms with Crippen molar-refractivity contribution in [2.24, 2.45) is 0 Å². The standard InChI is InChI=1S/C13H14N4O/c18-13(12-5-7-15-17-12)16-10-3-4-11-9(8-10)2-1-6-14-11/h3-5,7-8,14H,1-2,6H2,(H,15,17)(H,16,18). The summed E-state index contributed by atoms with van der Waals surface area (Å²) >= 11 is 0. The lowest BCUT2D eigenvalue weighted by molar-refractivity contribution is 0.102. The number of rotatable bonds is 2. The third-order valence-corrected chi connectivity index (χ3v) is 3.05. The van der Waals surface area contributed by atoms with Crippen LogP contribution >= 0.6 is 0 Å². The second kappa shape index (κ2) is 4.52. The van der Waals surface area contributed by atoms with Crippen molar-refractivity contribution in [1.82, 2.24) is 10.2 Å². The average Bonchev–Trinajstić information content (AvgIpc) is 2.92. The molecule has 0 bridgehead atoms. The largest absolute Gasteiger partial charge is 0.385 e. The molecule has 2 heterocycles. The van der Waals surface area contributed by atoms with Crippen LogP contribution in [0.2, 0.25) is 0 Å². The van der Waals surface area contributed by atoms with Crippen molar-refractivity contribution >= 4 is 17.3 Å². The summed E-state index contributed by atoms with van der Waals surface area (Å²) in [5.41, 5.74) is 3.70. The van der Waals surface area contributed by atoms with Gasteiger partial charge in [0.15, 0.2) is 0 Å². The Morgan fingerprint density at radius 1 is 1.33 bits per heavy atom. The van der Waals surface area contributed by atoms with E-state index in [-0.39, 0.29) is 5.91 Å². The third-order valence-electron chi connectivity index (χ3n) is 3.05. The number of fused-ring (bicyclic) bond motifs is 1. The smallest absolute Gasteiger partial charge is 0.273 e. The van der Waals surface area contributed by atoms with Gasteiger partial charge in [0.25, 0.3) is 5.91 Å². The zero-order valence-corrected chi connectivity index (χ0v) is 9.86. The SMILES string of the molecule is O=C(Nc1ccc2c(c1)CCCN2)c1ccn[nH]1. The highest BCUT2D eigenvalue weighted by atomic mass is 16.1. The van der Waals surface area contributed by atoms with E-state index in [2.05, 4.69) is 20.8 Å². The Morgan fingerprint density at radius 2 is 2.28 bits per heavy atom. The van der Waals surface area contributed by atoms with Crippen LogP contribution in [0.15, 0.2) is 30.5 Å². The fraction of sp³-hybridized carbons (Fsp3) is 0.231. The normalized spacial score (nSPS) is 13.6. The van der Waals surface area contributed by atoms with Gasteiger partial charge in [-0.25, -0.2) is 0 Å². The summed E-state index contributed by atoms with van der Waals surface area (Å²) in [5.74, 6) is -0.170. The zero-order valence-electron chi connectivity index (χ0n) is 9.86. The molecule has 1 amide bonds. The highest BCUT2D eigenvalue weighted by molar-refractivity contribution is 6.02. The minimum atomic E-state index is -0.170. The molecular weight excluding hydrogens is 228 g/mol. The average molecular weight is 242 g/mol. The lowest BCUT2D eigenvalue weighted by atomic mass is 10.0. The van der Waals surface area contributed by atoms with Crippen LogP contribution in [0.25, 0.3) is 0 Å². The molecule has 3 N–H and O–H groups in total. The summed E-state index contributed by atoms with van der Waals surface area (Å²) in [7, 11) is 0. The quantitative estimate of drug-likeness (QED) is 0.754. The van der Waals surface area contributed by atoms with Crippen molar-refractivity contribution in [2.45, 2.75) is 12.8 Å². The summed E-state index contributed by atoms with van der Waals surface area (Å²) in [6.45, 7) is 1.02. The summed E-state index contributed by atoms with van der Waals surface area (Å²) in [6, 6.07) is 7.59. The first-order valence-corrected chi connectivity index (χ1v) is 6.00. The molecule has 5 heteroatoms. The molecule has 5 nitrogen and oxygen atoms in total. The Kier molecular flexibility index (Phi) is 2.72. The lowest BCUT2D eigenvalue weighted by Crippen LogP contribution is -2.15. The number of hydrogen-bond donors (Lipinski definition) is 3. The fourth-order valence-corrected chi connectivity index (χ4v) is 2.13. The number of aromatic nitrogens is 2. The van der Waals surface area contributed by atoms with Crippen LogP contribution in [-0.2, 0) is 6.42 Å². The van der Waals surface area contributed by atoms with Crippen LogP contribution in [0.4, 0.5) is 11.4 Å². The molecule has 1 aromatic carbocycles. The zero-order chi connectivity index (χ0) is 12.4. The molecule has 92 valence electrons. The van der Waals surface area contributed by atoms with Crippen molar-refractivity contribution in [3.8, 4) is 0 Å². The van der Waals surface area contributed by atoms with Gasteiger partial charge in [-0.3, -0.25) is 9.89 Å². The first-order valence-electron chi connectivity index (χ1n) is 6.00. The summed E-state index contributed by atoms with van der Waals surface area (Å²) in [4.78, 5) is 11.8. The third kappa shape index (κ3) is 2.07. The van der Waals surface area contributed by atoms with Crippen LogP contribution in [0, 0.1) is 0 Å². The molecule has 0 spiro atoms. The fourth-order valence-electron chi connectivity index (χ4n) is 2.13. The van der Waals surface area contributed by atoms with Gasteiger partial charge in [0.1, 0.15) is 5.69 Å².